The van der Waals surface area contributed by atoms with E-state index in [4.69, 9.17) is 0 Å². The summed E-state index contributed by atoms with van der Waals surface area (Å²) in [6.07, 6.45) is 3.44. The van der Waals surface area contributed by atoms with Crippen LogP contribution in [0.1, 0.15) is 15.9 Å². The Hall–Kier alpha value is -2.16. The second-order valence-corrected chi connectivity index (χ2v) is 3.34. The number of nitrogens with one attached hydrogen (secondary N) is 1. The fraction of sp³-hybridized carbons (Fsp3) is 0.0769. The molecule has 0 fully saturated rings. The van der Waals surface area contributed by atoms with Gasteiger partial charge in [-0.05, 0) is 29.8 Å². The summed E-state index contributed by atoms with van der Waals surface area (Å²) in [6.45, 7) is 0.488. The van der Waals surface area contributed by atoms with Gasteiger partial charge in [-0.25, -0.2) is 0 Å². The fourth-order valence-electron chi connectivity index (χ4n) is 1.32. The van der Waals surface area contributed by atoms with Gasteiger partial charge in [-0.15, -0.1) is 0 Å². The Bertz CT molecular complexity index is 454. The number of aromatic nitrogens is 1. The number of hydrogen-bond acceptors (Lipinski definition) is 2. The predicted octanol–water partition coefficient (Wildman–Crippen LogP) is 1.81. The predicted molar refractivity (Wildman–Crippen MR) is 60.7 cm³/mol. The third-order valence-corrected chi connectivity index (χ3v) is 2.15. The summed E-state index contributed by atoms with van der Waals surface area (Å²) in [5, 5.41) is 2.82. The summed E-state index contributed by atoms with van der Waals surface area (Å²) in [4.78, 5) is 15.6. The molecule has 1 amide bonds. The fourth-order valence-corrected chi connectivity index (χ4v) is 1.32. The van der Waals surface area contributed by atoms with Crippen LogP contribution in [0.2, 0.25) is 0 Å². The first-order valence-electron chi connectivity index (χ1n) is 4.99. The lowest BCUT2D eigenvalue weighted by atomic mass is 10.2. The summed E-state index contributed by atoms with van der Waals surface area (Å²) < 4.78 is 0. The Kier molecular flexibility index (Phi) is 3.28. The standard InChI is InChI=1S/C13H11N2O/c16-13(12-6-2-1-3-7-12)15-10-11-5-4-8-14-9-11/h1-2,4-9H,10H2,(H,15,16). The highest BCUT2D eigenvalue weighted by atomic mass is 16.1. The van der Waals surface area contributed by atoms with Crippen LogP contribution in [0, 0.1) is 6.07 Å². The molecule has 1 aromatic heterocycles. The first-order chi connectivity index (χ1) is 7.86. The van der Waals surface area contributed by atoms with Crippen molar-refractivity contribution in [1.82, 2.24) is 10.3 Å². The molecule has 0 aliphatic heterocycles. The van der Waals surface area contributed by atoms with E-state index >= 15 is 0 Å². The van der Waals surface area contributed by atoms with E-state index in [1.54, 1.807) is 36.7 Å². The van der Waals surface area contributed by atoms with Crippen molar-refractivity contribution in [3.63, 3.8) is 0 Å². The average molecular weight is 211 g/mol. The molecule has 3 heteroatoms. The van der Waals surface area contributed by atoms with Gasteiger partial charge < -0.3 is 5.32 Å². The summed E-state index contributed by atoms with van der Waals surface area (Å²) in [6, 6.07) is 13.6. The minimum absolute atomic E-state index is 0.0966. The van der Waals surface area contributed by atoms with Gasteiger partial charge in [0, 0.05) is 24.5 Å². The first-order valence-corrected chi connectivity index (χ1v) is 4.99. The van der Waals surface area contributed by atoms with Gasteiger partial charge in [0.25, 0.3) is 5.91 Å². The molecular weight excluding hydrogens is 200 g/mol. The average Bonchev–Trinajstić information content (AvgIpc) is 2.38. The lowest BCUT2D eigenvalue weighted by molar-refractivity contribution is 0.0951. The van der Waals surface area contributed by atoms with E-state index in [0.717, 1.165) is 5.56 Å². The van der Waals surface area contributed by atoms with Gasteiger partial charge in [0.2, 0.25) is 0 Å². The highest BCUT2D eigenvalue weighted by Gasteiger charge is 2.03. The second-order valence-electron chi connectivity index (χ2n) is 3.34. The molecule has 0 spiro atoms. The van der Waals surface area contributed by atoms with Gasteiger partial charge >= 0.3 is 0 Å². The van der Waals surface area contributed by atoms with Crippen LogP contribution < -0.4 is 5.32 Å². The lowest BCUT2D eigenvalue weighted by Crippen LogP contribution is -2.22. The number of hydrogen-bond donors (Lipinski definition) is 1. The van der Waals surface area contributed by atoms with E-state index in [-0.39, 0.29) is 5.91 Å². The van der Waals surface area contributed by atoms with E-state index in [2.05, 4.69) is 16.4 Å². The Morgan fingerprint density at radius 3 is 3.00 bits per heavy atom. The van der Waals surface area contributed by atoms with Crippen LogP contribution in [-0.4, -0.2) is 10.9 Å². The molecule has 16 heavy (non-hydrogen) atoms. The maximum Gasteiger partial charge on any atom is 0.251 e. The molecule has 0 bridgehead atoms. The van der Waals surface area contributed by atoms with Crippen molar-refractivity contribution in [2.45, 2.75) is 6.54 Å². The molecular formula is C13H11N2O. The highest BCUT2D eigenvalue weighted by Crippen LogP contribution is 1.99. The third kappa shape index (κ3) is 2.67. The van der Waals surface area contributed by atoms with Crippen LogP contribution in [-0.2, 0) is 6.54 Å². The molecule has 1 heterocycles. The van der Waals surface area contributed by atoms with E-state index in [9.17, 15) is 4.79 Å². The van der Waals surface area contributed by atoms with Gasteiger partial charge in [0.15, 0.2) is 0 Å². The van der Waals surface area contributed by atoms with E-state index in [0.29, 0.717) is 12.1 Å². The molecule has 0 unspecified atom stereocenters. The Balaban J connectivity index is 1.95. The zero-order chi connectivity index (χ0) is 11.2. The lowest BCUT2D eigenvalue weighted by Gasteiger charge is -2.04. The number of carbonyl (C=O) groups is 1. The van der Waals surface area contributed by atoms with Crippen molar-refractivity contribution >= 4 is 5.91 Å². The molecule has 0 saturated heterocycles. The first kappa shape index (κ1) is 10.4. The Labute approximate surface area is 94.1 Å². The van der Waals surface area contributed by atoms with E-state index in [1.165, 1.54) is 0 Å². The van der Waals surface area contributed by atoms with Crippen LogP contribution in [0.15, 0.2) is 48.8 Å². The Morgan fingerprint density at radius 1 is 1.38 bits per heavy atom. The molecule has 2 aromatic rings. The molecule has 1 radical (unpaired) electrons. The summed E-state index contributed by atoms with van der Waals surface area (Å²) >= 11 is 0. The minimum atomic E-state index is -0.0966. The Morgan fingerprint density at radius 2 is 2.31 bits per heavy atom. The normalized spacial score (nSPS) is 9.75. The number of rotatable bonds is 3. The maximum absolute atomic E-state index is 11.7. The monoisotopic (exact) mass is 211 g/mol. The summed E-state index contributed by atoms with van der Waals surface area (Å²) in [5.74, 6) is -0.0966. The van der Waals surface area contributed by atoms with Crippen LogP contribution in [0.4, 0.5) is 0 Å². The topological polar surface area (TPSA) is 42.0 Å². The summed E-state index contributed by atoms with van der Waals surface area (Å²) in [7, 11) is 0. The smallest absolute Gasteiger partial charge is 0.251 e. The van der Waals surface area contributed by atoms with Crippen molar-refractivity contribution in [1.29, 1.82) is 0 Å². The minimum Gasteiger partial charge on any atom is -0.348 e. The summed E-state index contributed by atoms with van der Waals surface area (Å²) in [5.41, 5.74) is 1.60. The largest absolute Gasteiger partial charge is 0.348 e. The van der Waals surface area contributed by atoms with E-state index < -0.39 is 0 Å². The van der Waals surface area contributed by atoms with Crippen LogP contribution >= 0.6 is 0 Å². The van der Waals surface area contributed by atoms with E-state index in [1.807, 2.05) is 12.1 Å². The molecule has 0 atom stereocenters. The molecule has 0 aliphatic carbocycles. The van der Waals surface area contributed by atoms with Gasteiger partial charge in [-0.3, -0.25) is 9.78 Å². The molecule has 2 rings (SSSR count). The maximum atomic E-state index is 11.7. The number of carbonyl (C=O) groups excluding carboxylic acids is 1. The van der Waals surface area contributed by atoms with Crippen molar-refractivity contribution < 1.29 is 4.79 Å². The molecule has 3 nitrogen and oxygen atoms in total. The van der Waals surface area contributed by atoms with Crippen molar-refractivity contribution in [2.75, 3.05) is 0 Å². The van der Waals surface area contributed by atoms with Gasteiger partial charge in [0.05, 0.1) is 0 Å². The van der Waals surface area contributed by atoms with Gasteiger partial charge in [-0.2, -0.15) is 0 Å². The highest BCUT2D eigenvalue weighted by molar-refractivity contribution is 5.93. The number of pyridine rings is 1. The van der Waals surface area contributed by atoms with Gasteiger partial charge in [-0.1, -0.05) is 18.2 Å². The molecule has 0 aliphatic rings. The van der Waals surface area contributed by atoms with Crippen molar-refractivity contribution in [2.24, 2.45) is 0 Å². The SMILES string of the molecule is O=C(NCc1cccnc1)c1c[c]ccc1. The molecule has 1 aromatic carbocycles. The number of nitrogens with zero attached hydrogens (tertiary/aromatic N) is 1. The van der Waals surface area contributed by atoms with Crippen LogP contribution in [0.5, 0.6) is 0 Å². The second kappa shape index (κ2) is 5.07. The van der Waals surface area contributed by atoms with Crippen LogP contribution in [0.3, 0.4) is 0 Å². The van der Waals surface area contributed by atoms with Crippen molar-refractivity contribution in [3.8, 4) is 0 Å². The molecule has 1 N–H and O–H groups in total. The zero-order valence-corrected chi connectivity index (χ0v) is 8.68. The van der Waals surface area contributed by atoms with Crippen molar-refractivity contribution in [3.05, 3.63) is 66.0 Å². The number of benzene rings is 1. The number of amides is 1. The molecule has 79 valence electrons. The molecule has 0 saturated carbocycles. The zero-order valence-electron chi connectivity index (χ0n) is 8.68. The van der Waals surface area contributed by atoms with Gasteiger partial charge in [0.1, 0.15) is 0 Å². The van der Waals surface area contributed by atoms with Crippen LogP contribution in [0.25, 0.3) is 0 Å². The quantitative estimate of drug-likeness (QED) is 0.841. The third-order valence-electron chi connectivity index (χ3n) is 2.15.